The lowest BCUT2D eigenvalue weighted by Gasteiger charge is -2.55. The van der Waals surface area contributed by atoms with Gasteiger partial charge in [0.05, 0.1) is 38.7 Å². The molecule has 0 radical (unpaired) electrons. The molecule has 54 heavy (non-hydrogen) atoms. The van der Waals surface area contributed by atoms with Gasteiger partial charge in [-0.2, -0.15) is 5.10 Å². The van der Waals surface area contributed by atoms with Crippen molar-refractivity contribution >= 4 is 87.0 Å². The van der Waals surface area contributed by atoms with Gasteiger partial charge in [-0.05, 0) is 30.9 Å². The second-order valence-corrected chi connectivity index (χ2v) is 15.0. The summed E-state index contributed by atoms with van der Waals surface area (Å²) in [5, 5.41) is 35.9. The molecule has 19 heteroatoms. The Morgan fingerprint density at radius 2 is 1.89 bits per heavy atom. The molecule has 3 aromatic rings. The number of pyridine rings is 1. The number of carbonyl (C=O) groups is 4. The number of carboxylic acids is 2. The van der Waals surface area contributed by atoms with Gasteiger partial charge >= 0.3 is 11.9 Å². The van der Waals surface area contributed by atoms with Crippen LogP contribution in [0.4, 0.5) is 10.1 Å². The lowest BCUT2D eigenvalue weighted by Crippen LogP contribution is -2.81. The van der Waals surface area contributed by atoms with E-state index in [4.69, 9.17) is 28.6 Å². The zero-order valence-corrected chi connectivity index (χ0v) is 30.7. The summed E-state index contributed by atoms with van der Waals surface area (Å²) in [4.78, 5) is 66.4. The molecule has 5 N–H and O–H groups in total. The van der Waals surface area contributed by atoms with E-state index < -0.39 is 57.8 Å². The first-order chi connectivity index (χ1) is 25.8. The van der Waals surface area contributed by atoms with Crippen molar-refractivity contribution in [2.24, 2.45) is 5.10 Å². The molecule has 1 unspecified atom stereocenters. The normalized spacial score (nSPS) is 23.0. The summed E-state index contributed by atoms with van der Waals surface area (Å²) in [6.45, 7) is 0.615. The average Bonchev–Trinajstić information content (AvgIpc) is 3.90. The number of aliphatic carboxylic acids is 1. The molecule has 0 bridgehead atoms. The first kappa shape index (κ1) is 37.4. The van der Waals surface area contributed by atoms with Gasteiger partial charge < -0.3 is 40.3 Å². The smallest absolute Gasteiger partial charge is 0.353 e. The third-order valence-electron chi connectivity index (χ3n) is 9.82. The second-order valence-electron chi connectivity index (χ2n) is 13.1. The first-order valence-corrected chi connectivity index (χ1v) is 18.5. The highest BCUT2D eigenvalue weighted by Crippen LogP contribution is 2.47. The van der Waals surface area contributed by atoms with E-state index >= 15 is 4.39 Å². The molecule has 4 aliphatic rings. The molecule has 3 aliphatic heterocycles. The summed E-state index contributed by atoms with van der Waals surface area (Å²) in [7, 11) is 1.20. The number of β-lactam (4-membered cyclic amide) rings is 1. The number of aromatic carboxylic acids is 1. The van der Waals surface area contributed by atoms with Crippen molar-refractivity contribution in [2.45, 2.75) is 48.5 Å². The number of nitrogens with zero attached hydrogens (tertiary/aromatic N) is 4. The lowest BCUT2D eigenvalue weighted by atomic mass is 9.96. The monoisotopic (exact) mass is 798 g/mol. The number of thiocarbonyl (C=S) groups is 1. The summed E-state index contributed by atoms with van der Waals surface area (Å²) < 4.78 is 22.7. The maximum Gasteiger partial charge on any atom is 0.353 e. The van der Waals surface area contributed by atoms with Crippen LogP contribution in [0.15, 0.2) is 63.8 Å². The topological polar surface area (TPSA) is 203 Å². The van der Waals surface area contributed by atoms with Crippen LogP contribution in [-0.4, -0.2) is 103 Å². The van der Waals surface area contributed by atoms with Gasteiger partial charge in [0.25, 0.3) is 17.5 Å². The molecule has 282 valence electrons. The molecular weight excluding hydrogens is 767 g/mol. The van der Waals surface area contributed by atoms with Gasteiger partial charge in [-0.3, -0.25) is 19.3 Å². The predicted molar refractivity (Wildman–Crippen MR) is 200 cm³/mol. The minimum absolute atomic E-state index is 0.00230. The standard InChI is InChI=1S/C35H32ClFN6O9S2/c1-52-35(39-30(46)28(44)16-5-3-2-4-6-16)33(51)43-26(32(49)50)21(15-54-34(35)43)23(53)12-38-40-17-9-10-41(13-17)27-22(37)11-19-25(24(27)36)42(18-7-8-18)14-20(29(19)45)31(47)48/h2-6,11-12,14,17-18,28,34,40,44H,7-10,13,15H2,1H3,(H,39,46)(H,47,48)(H,49,50)/t17?,28-,34-,35-/m1/s1. The zero-order valence-electron chi connectivity index (χ0n) is 28.3. The van der Waals surface area contributed by atoms with Gasteiger partial charge in [-0.25, -0.2) is 14.0 Å². The summed E-state index contributed by atoms with van der Waals surface area (Å²) in [5.74, 6) is -5.34. The molecule has 15 nitrogen and oxygen atoms in total. The van der Waals surface area contributed by atoms with Crippen LogP contribution in [0.1, 0.15) is 47.3 Å². The number of methoxy groups -OCH3 is 1. The lowest BCUT2D eigenvalue weighted by molar-refractivity contribution is -0.193. The van der Waals surface area contributed by atoms with Gasteiger partial charge in [0, 0.05) is 43.8 Å². The Kier molecular flexibility index (Phi) is 9.99. The fourth-order valence-corrected chi connectivity index (χ4v) is 9.15. The number of aliphatic hydroxyl groups excluding tert-OH is 1. The Morgan fingerprint density at radius 1 is 1.17 bits per heavy atom. The molecule has 1 saturated carbocycles. The van der Waals surface area contributed by atoms with Crippen molar-refractivity contribution < 1.29 is 43.6 Å². The van der Waals surface area contributed by atoms with Gasteiger partial charge in [-0.1, -0.05) is 54.2 Å². The number of aromatic nitrogens is 1. The van der Waals surface area contributed by atoms with Crippen molar-refractivity contribution in [3.63, 3.8) is 0 Å². The number of nitrogens with one attached hydrogen (secondary N) is 2. The average molecular weight is 799 g/mol. The van der Waals surface area contributed by atoms with Gasteiger partial charge in [0.1, 0.15) is 22.5 Å². The third-order valence-corrected chi connectivity index (χ3v) is 11.8. The molecule has 7 rings (SSSR count). The summed E-state index contributed by atoms with van der Waals surface area (Å²) in [5.41, 5.74) is 0.146. The number of amides is 2. The Hall–Kier alpha value is -4.88. The first-order valence-electron chi connectivity index (χ1n) is 16.7. The maximum absolute atomic E-state index is 15.6. The summed E-state index contributed by atoms with van der Waals surface area (Å²) >= 11 is 13.4. The maximum atomic E-state index is 15.6. The highest BCUT2D eigenvalue weighted by molar-refractivity contribution is 8.00. The van der Waals surface area contributed by atoms with Crippen LogP contribution >= 0.6 is 35.6 Å². The third kappa shape index (κ3) is 6.30. The molecule has 2 amide bonds. The van der Waals surface area contributed by atoms with Crippen LogP contribution in [0.5, 0.6) is 0 Å². The molecule has 2 saturated heterocycles. The Labute approximate surface area is 320 Å². The van der Waals surface area contributed by atoms with E-state index in [1.165, 1.54) is 19.5 Å². The van der Waals surface area contributed by atoms with E-state index in [1.54, 1.807) is 39.8 Å². The highest BCUT2D eigenvalue weighted by atomic mass is 35.5. The number of fused-ring (bicyclic) bond motifs is 2. The molecular formula is C35H32ClFN6O9S2. The number of carbonyl (C=O) groups excluding carboxylic acids is 2. The quantitative estimate of drug-likeness (QED) is 0.0589. The van der Waals surface area contributed by atoms with Gasteiger partial charge in [-0.15, -0.1) is 11.8 Å². The minimum Gasteiger partial charge on any atom is -0.477 e. The Morgan fingerprint density at radius 3 is 2.54 bits per heavy atom. The minimum atomic E-state index is -1.93. The number of aliphatic hydroxyl groups is 1. The summed E-state index contributed by atoms with van der Waals surface area (Å²) in [6, 6.07) is 8.74. The SMILES string of the molecule is CO[C@]1(NC(=O)[C@H](O)c2ccccc2)C(=O)N2C(C(=O)O)=C(C(=S)C=NNC3CCN(c4c(F)cc5c(=O)c(C(=O)O)cn(C6CC6)c5c4Cl)C3)CS[C@@H]21. The van der Waals surface area contributed by atoms with Crippen LogP contribution < -0.4 is 21.1 Å². The predicted octanol–water partition coefficient (Wildman–Crippen LogP) is 2.80. The second kappa shape index (κ2) is 14.4. The van der Waals surface area contributed by atoms with Crippen molar-refractivity contribution in [2.75, 3.05) is 30.9 Å². The largest absolute Gasteiger partial charge is 0.477 e. The number of halogens is 2. The summed E-state index contributed by atoms with van der Waals surface area (Å²) in [6.07, 6.45) is 2.94. The number of rotatable bonds is 12. The van der Waals surface area contributed by atoms with Crippen molar-refractivity contribution in [3.8, 4) is 0 Å². The Bertz CT molecular complexity index is 2250. The molecule has 0 spiro atoms. The van der Waals surface area contributed by atoms with E-state index in [0.717, 1.165) is 35.6 Å². The fraction of sp³-hybridized carbons (Fsp3) is 0.343. The van der Waals surface area contributed by atoms with Crippen molar-refractivity contribution in [1.82, 2.24) is 20.2 Å². The number of carboxylic acid groups (broad SMARTS) is 2. The van der Waals surface area contributed by atoms with E-state index in [1.807, 2.05) is 0 Å². The van der Waals surface area contributed by atoms with Gasteiger partial charge in [0.2, 0.25) is 5.43 Å². The molecule has 2 aromatic carbocycles. The molecule has 1 aromatic heterocycles. The number of hydrazone groups is 1. The van der Waals surface area contributed by atoms with E-state index in [9.17, 15) is 39.3 Å². The number of ether oxygens (including phenoxy) is 1. The van der Waals surface area contributed by atoms with E-state index in [0.29, 0.717) is 18.5 Å². The zero-order chi connectivity index (χ0) is 38.6. The van der Waals surface area contributed by atoms with Crippen molar-refractivity contribution in [1.29, 1.82) is 0 Å². The van der Waals surface area contributed by atoms with Crippen LogP contribution in [0.2, 0.25) is 5.02 Å². The number of hydrogen-bond acceptors (Lipinski definition) is 12. The number of hydrogen-bond donors (Lipinski definition) is 5. The Balaban J connectivity index is 1.05. The van der Waals surface area contributed by atoms with Crippen LogP contribution in [0, 0.1) is 5.82 Å². The number of anilines is 1. The van der Waals surface area contributed by atoms with E-state index in [-0.39, 0.29) is 62.1 Å². The highest BCUT2D eigenvalue weighted by Gasteiger charge is 2.67. The molecule has 4 heterocycles. The molecule has 3 fully saturated rings. The van der Waals surface area contributed by atoms with Gasteiger partial charge in [0.15, 0.2) is 6.10 Å². The van der Waals surface area contributed by atoms with Crippen LogP contribution in [0.3, 0.4) is 0 Å². The van der Waals surface area contributed by atoms with Crippen molar-refractivity contribution in [3.05, 3.63) is 86.1 Å². The number of thioether (sulfide) groups is 1. The fourth-order valence-electron chi connectivity index (χ4n) is 6.97. The number of benzene rings is 2. The van der Waals surface area contributed by atoms with Crippen LogP contribution in [-0.2, 0) is 19.1 Å². The molecule has 4 atom stereocenters. The molecule has 1 aliphatic carbocycles. The van der Waals surface area contributed by atoms with E-state index in [2.05, 4.69) is 15.8 Å². The van der Waals surface area contributed by atoms with Crippen LogP contribution in [0.25, 0.3) is 10.9 Å².